The molecule has 7 nitrogen and oxygen atoms in total. The lowest BCUT2D eigenvalue weighted by Crippen LogP contribution is -2.27. The number of nitrogens with zero attached hydrogens (tertiary/aromatic N) is 5. The van der Waals surface area contributed by atoms with E-state index in [1.54, 1.807) is 20.0 Å². The second kappa shape index (κ2) is 9.38. The Kier molecular flexibility index (Phi) is 6.52. The molecule has 0 saturated heterocycles. The Hall–Kier alpha value is -3.52. The van der Waals surface area contributed by atoms with E-state index in [0.29, 0.717) is 23.0 Å². The summed E-state index contributed by atoms with van der Waals surface area (Å²) in [5, 5.41) is 2.42. The van der Waals surface area contributed by atoms with Gasteiger partial charge >= 0.3 is 0 Å². The molecule has 34 heavy (non-hydrogen) atoms. The molecule has 0 spiro atoms. The summed E-state index contributed by atoms with van der Waals surface area (Å²) in [5.41, 5.74) is 12.8. The van der Waals surface area contributed by atoms with Crippen molar-refractivity contribution in [1.82, 2.24) is 24.5 Å². The first-order valence-corrected chi connectivity index (χ1v) is 11.6. The van der Waals surface area contributed by atoms with Gasteiger partial charge in [-0.1, -0.05) is 27.2 Å². The Bertz CT molecular complexity index is 1350. The van der Waals surface area contributed by atoms with Gasteiger partial charge in [-0.25, -0.2) is 10.2 Å². The number of allylic oxidation sites excluding steroid dienone is 1. The summed E-state index contributed by atoms with van der Waals surface area (Å²) in [6.07, 6.45) is 6.80. The molecule has 0 aliphatic heterocycles. The summed E-state index contributed by atoms with van der Waals surface area (Å²) in [5.74, 6) is 6.06. The molecule has 8 heteroatoms. The van der Waals surface area contributed by atoms with Crippen LogP contribution in [-0.4, -0.2) is 31.6 Å². The molecule has 4 rings (SSSR count). The number of hydrogen-bond acceptors (Lipinski definition) is 6. The number of aromatic nitrogens is 4. The van der Waals surface area contributed by atoms with E-state index in [9.17, 15) is 4.39 Å². The third-order valence-electron chi connectivity index (χ3n) is 6.15. The van der Waals surface area contributed by atoms with Gasteiger partial charge in [0.05, 0.1) is 45.9 Å². The van der Waals surface area contributed by atoms with Gasteiger partial charge in [0.15, 0.2) is 0 Å². The van der Waals surface area contributed by atoms with Crippen molar-refractivity contribution in [3.63, 3.8) is 0 Å². The van der Waals surface area contributed by atoms with E-state index in [4.69, 9.17) is 16.6 Å². The molecule has 0 fully saturated rings. The topological polar surface area (TPSA) is 98.9 Å². The molecule has 4 aromatic rings. The first-order chi connectivity index (χ1) is 16.2. The minimum Gasteiger partial charge on any atom is -0.400 e. The molecule has 1 unspecified atom stereocenters. The van der Waals surface area contributed by atoms with Gasteiger partial charge in [0.25, 0.3) is 0 Å². The van der Waals surface area contributed by atoms with E-state index in [-0.39, 0.29) is 11.9 Å². The quantitative estimate of drug-likeness (QED) is 0.294. The average Bonchev–Trinajstić information content (AvgIpc) is 3.10. The van der Waals surface area contributed by atoms with Gasteiger partial charge in [0.1, 0.15) is 5.82 Å². The van der Waals surface area contributed by atoms with Crippen LogP contribution in [0.2, 0.25) is 0 Å². The average molecular weight is 462 g/mol. The van der Waals surface area contributed by atoms with Crippen molar-refractivity contribution in [2.24, 2.45) is 11.6 Å². The highest BCUT2D eigenvalue weighted by atomic mass is 19.1. The van der Waals surface area contributed by atoms with E-state index in [2.05, 4.69) is 41.4 Å². The van der Waals surface area contributed by atoms with Crippen LogP contribution in [0.15, 0.2) is 48.6 Å². The summed E-state index contributed by atoms with van der Waals surface area (Å²) in [6, 6.07) is 7.32. The Balaban J connectivity index is 2.09. The summed E-state index contributed by atoms with van der Waals surface area (Å²) in [6.45, 7) is 8.24. The molecule has 178 valence electrons. The fourth-order valence-electron chi connectivity index (χ4n) is 4.53. The van der Waals surface area contributed by atoms with Crippen molar-refractivity contribution < 1.29 is 4.39 Å². The van der Waals surface area contributed by atoms with Gasteiger partial charge in [-0.05, 0) is 49.1 Å². The predicted molar refractivity (Wildman–Crippen MR) is 135 cm³/mol. The maximum Gasteiger partial charge on any atom is 0.141 e. The minimum atomic E-state index is -0.351. The molecule has 0 amide bonds. The van der Waals surface area contributed by atoms with Gasteiger partial charge in [-0.3, -0.25) is 15.0 Å². The zero-order valence-corrected chi connectivity index (χ0v) is 20.4. The molecule has 1 atom stereocenters. The molecule has 0 aromatic carbocycles. The Morgan fingerprint density at radius 2 is 1.85 bits per heavy atom. The van der Waals surface area contributed by atoms with Crippen LogP contribution in [0.5, 0.6) is 0 Å². The molecule has 0 saturated carbocycles. The van der Waals surface area contributed by atoms with E-state index in [0.717, 1.165) is 46.0 Å². The zero-order chi connectivity index (χ0) is 24.6. The van der Waals surface area contributed by atoms with E-state index in [1.807, 2.05) is 18.5 Å². The van der Waals surface area contributed by atoms with Crippen LogP contribution < -0.4 is 11.6 Å². The van der Waals surface area contributed by atoms with Crippen molar-refractivity contribution in [3.8, 4) is 0 Å². The molecule has 4 heterocycles. The second-order valence-electron chi connectivity index (χ2n) is 9.10. The first kappa shape index (κ1) is 23.6. The van der Waals surface area contributed by atoms with Crippen LogP contribution in [0, 0.1) is 5.82 Å². The molecule has 4 aromatic heterocycles. The summed E-state index contributed by atoms with van der Waals surface area (Å²) >= 11 is 0. The zero-order valence-electron chi connectivity index (χ0n) is 20.4. The summed E-state index contributed by atoms with van der Waals surface area (Å²) < 4.78 is 16.0. The number of rotatable bonds is 7. The maximum atomic E-state index is 13.7. The van der Waals surface area contributed by atoms with E-state index < -0.39 is 0 Å². The third kappa shape index (κ3) is 4.21. The van der Waals surface area contributed by atoms with Crippen LogP contribution in [0.4, 0.5) is 4.39 Å². The number of nitrogens with two attached hydrogens (primary N) is 2. The molecule has 0 bridgehead atoms. The molecule has 0 aliphatic rings. The van der Waals surface area contributed by atoms with Crippen LogP contribution in [0.1, 0.15) is 69.4 Å². The standard InChI is InChI=1S/C26H32FN7/c1-6-7-22(20-9-8-18(27)13-30-20)34-23-11-21(26(16(4)28)33(5)29)31-14-19(23)25-24(34)10-17(12-32-25)15(2)3/h8-15,22H,6-7,28-29H2,1-5H3/b26-16-. The van der Waals surface area contributed by atoms with Crippen molar-refractivity contribution >= 4 is 27.6 Å². The van der Waals surface area contributed by atoms with E-state index in [1.165, 1.54) is 17.3 Å². The van der Waals surface area contributed by atoms with Gasteiger partial charge in [-0.15, -0.1) is 0 Å². The van der Waals surface area contributed by atoms with Crippen LogP contribution >= 0.6 is 0 Å². The Morgan fingerprint density at radius 3 is 2.44 bits per heavy atom. The SMILES string of the molecule is CCCC(c1ccc(F)cn1)n1c2cc(/C(=C(\C)N)N(C)N)ncc2c2ncc(C(C)C)cc21. The van der Waals surface area contributed by atoms with Gasteiger partial charge in [0, 0.05) is 30.5 Å². The highest BCUT2D eigenvalue weighted by molar-refractivity contribution is 6.06. The number of halogens is 1. The van der Waals surface area contributed by atoms with Crippen LogP contribution in [0.3, 0.4) is 0 Å². The van der Waals surface area contributed by atoms with Crippen molar-refractivity contribution in [2.45, 2.75) is 52.5 Å². The summed E-state index contributed by atoms with van der Waals surface area (Å²) in [4.78, 5) is 14.0. The highest BCUT2D eigenvalue weighted by Gasteiger charge is 2.23. The fourth-order valence-corrected chi connectivity index (χ4v) is 4.53. The monoisotopic (exact) mass is 461 g/mol. The lowest BCUT2D eigenvalue weighted by atomic mass is 10.0. The Morgan fingerprint density at radius 1 is 1.09 bits per heavy atom. The van der Waals surface area contributed by atoms with Gasteiger partial charge in [-0.2, -0.15) is 0 Å². The minimum absolute atomic E-state index is 0.105. The number of fused-ring (bicyclic) bond motifs is 3. The predicted octanol–water partition coefficient (Wildman–Crippen LogP) is 5.08. The second-order valence-corrected chi connectivity index (χ2v) is 9.10. The molecular weight excluding hydrogens is 429 g/mol. The lowest BCUT2D eigenvalue weighted by molar-refractivity contribution is 0.504. The van der Waals surface area contributed by atoms with Crippen LogP contribution in [0.25, 0.3) is 27.6 Å². The first-order valence-electron chi connectivity index (χ1n) is 11.6. The number of pyridine rings is 3. The molecule has 4 N–H and O–H groups in total. The van der Waals surface area contributed by atoms with Gasteiger partial charge in [0.2, 0.25) is 0 Å². The lowest BCUT2D eigenvalue weighted by Gasteiger charge is -2.22. The number of hydrazine groups is 1. The van der Waals surface area contributed by atoms with Gasteiger partial charge < -0.3 is 15.3 Å². The normalized spacial score (nSPS) is 13.5. The van der Waals surface area contributed by atoms with Crippen molar-refractivity contribution in [1.29, 1.82) is 0 Å². The van der Waals surface area contributed by atoms with Crippen molar-refractivity contribution in [3.05, 3.63) is 71.3 Å². The third-order valence-corrected chi connectivity index (χ3v) is 6.15. The Labute approximate surface area is 199 Å². The fraction of sp³-hybridized carbons (Fsp3) is 0.346. The maximum absolute atomic E-state index is 13.7. The number of hydrogen-bond donors (Lipinski definition) is 2. The highest BCUT2D eigenvalue weighted by Crippen LogP contribution is 2.36. The largest absolute Gasteiger partial charge is 0.400 e. The molecule has 0 aliphatic carbocycles. The van der Waals surface area contributed by atoms with Crippen LogP contribution in [-0.2, 0) is 0 Å². The smallest absolute Gasteiger partial charge is 0.141 e. The van der Waals surface area contributed by atoms with Crippen molar-refractivity contribution in [2.75, 3.05) is 7.05 Å². The van der Waals surface area contributed by atoms with E-state index >= 15 is 0 Å². The molecular formula is C26H32FN7. The molecule has 0 radical (unpaired) electrons. The summed E-state index contributed by atoms with van der Waals surface area (Å²) in [7, 11) is 1.74.